The Morgan fingerprint density at radius 3 is 2.95 bits per heavy atom. The van der Waals surface area contributed by atoms with E-state index in [9.17, 15) is 9.59 Å². The molecular formula is C16H18N2O3. The first-order valence-corrected chi connectivity index (χ1v) is 7.12. The molecule has 0 aliphatic carbocycles. The number of carbonyl (C=O) groups excluding carboxylic acids is 1. The summed E-state index contributed by atoms with van der Waals surface area (Å²) in [5.74, 6) is -0.0387. The molecule has 2 heterocycles. The Bertz CT molecular complexity index is 723. The van der Waals surface area contributed by atoms with E-state index >= 15 is 0 Å². The van der Waals surface area contributed by atoms with Gasteiger partial charge in [-0.2, -0.15) is 0 Å². The lowest BCUT2D eigenvalue weighted by Gasteiger charge is -2.33. The van der Waals surface area contributed by atoms with Crippen LogP contribution < -0.4 is 5.56 Å². The Hall–Kier alpha value is -2.14. The highest BCUT2D eigenvalue weighted by Crippen LogP contribution is 2.10. The molecule has 1 amide bonds. The normalized spacial score (nSPS) is 18.9. The molecule has 1 aromatic heterocycles. The third-order valence-electron chi connectivity index (χ3n) is 3.88. The van der Waals surface area contributed by atoms with Crippen molar-refractivity contribution < 1.29 is 9.53 Å². The molecule has 1 fully saturated rings. The lowest BCUT2D eigenvalue weighted by molar-refractivity contribution is -0.139. The smallest absolute Gasteiger partial charge is 0.258 e. The average Bonchev–Trinajstić information content (AvgIpc) is 2.51. The SMILES string of the molecule is C[C@H]1COCCN1C(=O)Cn1ccc2ccccc2c1=O. The summed E-state index contributed by atoms with van der Waals surface area (Å²) in [7, 11) is 0. The number of nitrogens with zero attached hydrogens (tertiary/aromatic N) is 2. The quantitative estimate of drug-likeness (QED) is 0.835. The molecule has 0 unspecified atom stereocenters. The van der Waals surface area contributed by atoms with Crippen LogP contribution in [0.4, 0.5) is 0 Å². The monoisotopic (exact) mass is 286 g/mol. The maximum absolute atomic E-state index is 12.4. The maximum atomic E-state index is 12.4. The number of pyridine rings is 1. The molecule has 1 atom stereocenters. The second-order valence-electron chi connectivity index (χ2n) is 5.35. The van der Waals surface area contributed by atoms with E-state index in [1.54, 1.807) is 17.2 Å². The number of fused-ring (bicyclic) bond motifs is 1. The van der Waals surface area contributed by atoms with Crippen LogP contribution in [0.3, 0.4) is 0 Å². The Balaban J connectivity index is 1.86. The van der Waals surface area contributed by atoms with Gasteiger partial charge in [-0.3, -0.25) is 9.59 Å². The van der Waals surface area contributed by atoms with Crippen molar-refractivity contribution in [1.29, 1.82) is 0 Å². The van der Waals surface area contributed by atoms with Crippen LogP contribution >= 0.6 is 0 Å². The van der Waals surface area contributed by atoms with E-state index in [1.807, 2.05) is 31.2 Å². The summed E-state index contributed by atoms with van der Waals surface area (Å²) in [5, 5.41) is 1.54. The van der Waals surface area contributed by atoms with Crippen LogP contribution in [0.15, 0.2) is 41.3 Å². The number of amides is 1. The van der Waals surface area contributed by atoms with Crippen LogP contribution in [0.25, 0.3) is 10.8 Å². The Labute approximate surface area is 122 Å². The van der Waals surface area contributed by atoms with Gasteiger partial charge < -0.3 is 14.2 Å². The van der Waals surface area contributed by atoms with Gasteiger partial charge in [-0.05, 0) is 24.4 Å². The minimum atomic E-state index is -0.123. The molecule has 1 aliphatic heterocycles. The Morgan fingerprint density at radius 1 is 1.33 bits per heavy atom. The topological polar surface area (TPSA) is 51.5 Å². The summed E-state index contributed by atoms with van der Waals surface area (Å²) >= 11 is 0. The van der Waals surface area contributed by atoms with Crippen molar-refractivity contribution in [3.63, 3.8) is 0 Å². The molecule has 5 heteroatoms. The minimum Gasteiger partial charge on any atom is -0.377 e. The Kier molecular flexibility index (Phi) is 3.75. The molecule has 0 radical (unpaired) electrons. The molecule has 0 saturated carbocycles. The number of benzene rings is 1. The zero-order chi connectivity index (χ0) is 14.8. The summed E-state index contributed by atoms with van der Waals surface area (Å²) in [5.41, 5.74) is -0.123. The molecule has 21 heavy (non-hydrogen) atoms. The van der Waals surface area contributed by atoms with Crippen LogP contribution in [0.2, 0.25) is 0 Å². The van der Waals surface area contributed by atoms with Crippen molar-refractivity contribution in [2.75, 3.05) is 19.8 Å². The van der Waals surface area contributed by atoms with Gasteiger partial charge >= 0.3 is 0 Å². The maximum Gasteiger partial charge on any atom is 0.258 e. The third-order valence-corrected chi connectivity index (χ3v) is 3.88. The fraction of sp³-hybridized carbons (Fsp3) is 0.375. The first-order valence-electron chi connectivity index (χ1n) is 7.12. The zero-order valence-electron chi connectivity index (χ0n) is 12.0. The molecule has 0 bridgehead atoms. The first kappa shape index (κ1) is 13.8. The third kappa shape index (κ3) is 2.69. The highest BCUT2D eigenvalue weighted by molar-refractivity contribution is 5.82. The van der Waals surface area contributed by atoms with Gasteiger partial charge in [-0.1, -0.05) is 18.2 Å². The van der Waals surface area contributed by atoms with Crippen molar-refractivity contribution in [1.82, 2.24) is 9.47 Å². The summed E-state index contributed by atoms with van der Waals surface area (Å²) in [6.07, 6.45) is 1.69. The zero-order valence-corrected chi connectivity index (χ0v) is 12.0. The van der Waals surface area contributed by atoms with Crippen molar-refractivity contribution in [3.8, 4) is 0 Å². The van der Waals surface area contributed by atoms with E-state index < -0.39 is 0 Å². The number of aromatic nitrogens is 1. The second kappa shape index (κ2) is 5.69. The standard InChI is InChI=1S/C16H18N2O3/c1-12-11-21-9-8-18(12)15(19)10-17-7-6-13-4-2-3-5-14(13)16(17)20/h2-7,12H,8-11H2,1H3/t12-/m0/s1. The van der Waals surface area contributed by atoms with Gasteiger partial charge in [0.05, 0.1) is 19.3 Å². The van der Waals surface area contributed by atoms with E-state index in [0.717, 1.165) is 5.39 Å². The van der Waals surface area contributed by atoms with Gasteiger partial charge in [-0.15, -0.1) is 0 Å². The summed E-state index contributed by atoms with van der Waals surface area (Å²) in [4.78, 5) is 26.6. The highest BCUT2D eigenvalue weighted by Gasteiger charge is 2.23. The molecule has 1 saturated heterocycles. The van der Waals surface area contributed by atoms with E-state index in [0.29, 0.717) is 25.1 Å². The molecular weight excluding hydrogens is 268 g/mol. The molecule has 1 aromatic carbocycles. The van der Waals surface area contributed by atoms with E-state index in [4.69, 9.17) is 4.74 Å². The number of hydrogen-bond donors (Lipinski definition) is 0. The summed E-state index contributed by atoms with van der Waals surface area (Å²) in [6.45, 7) is 3.73. The predicted molar refractivity (Wildman–Crippen MR) is 80.2 cm³/mol. The second-order valence-corrected chi connectivity index (χ2v) is 5.35. The number of rotatable bonds is 2. The predicted octanol–water partition coefficient (Wildman–Crippen LogP) is 1.25. The lowest BCUT2D eigenvalue weighted by atomic mass is 10.2. The number of ether oxygens (including phenoxy) is 1. The molecule has 5 nitrogen and oxygen atoms in total. The molecule has 110 valence electrons. The molecule has 0 N–H and O–H groups in total. The fourth-order valence-electron chi connectivity index (χ4n) is 2.69. The van der Waals surface area contributed by atoms with Crippen LogP contribution in [-0.2, 0) is 16.1 Å². The van der Waals surface area contributed by atoms with E-state index in [2.05, 4.69) is 0 Å². The fourth-order valence-corrected chi connectivity index (χ4v) is 2.69. The molecule has 3 rings (SSSR count). The van der Waals surface area contributed by atoms with Crippen molar-refractivity contribution in [2.45, 2.75) is 19.5 Å². The summed E-state index contributed by atoms with van der Waals surface area (Å²) < 4.78 is 6.81. The average molecular weight is 286 g/mol. The van der Waals surface area contributed by atoms with E-state index in [1.165, 1.54) is 4.57 Å². The van der Waals surface area contributed by atoms with Crippen LogP contribution in [0, 0.1) is 0 Å². The molecule has 0 spiro atoms. The van der Waals surface area contributed by atoms with Crippen LogP contribution in [-0.4, -0.2) is 41.2 Å². The van der Waals surface area contributed by atoms with Gasteiger partial charge in [0.1, 0.15) is 6.54 Å². The van der Waals surface area contributed by atoms with Gasteiger partial charge in [0.2, 0.25) is 5.91 Å². The van der Waals surface area contributed by atoms with Crippen molar-refractivity contribution in [2.24, 2.45) is 0 Å². The van der Waals surface area contributed by atoms with Gasteiger partial charge in [0, 0.05) is 18.1 Å². The lowest BCUT2D eigenvalue weighted by Crippen LogP contribution is -2.48. The van der Waals surface area contributed by atoms with Crippen LogP contribution in [0.1, 0.15) is 6.92 Å². The van der Waals surface area contributed by atoms with Gasteiger partial charge in [-0.25, -0.2) is 0 Å². The van der Waals surface area contributed by atoms with Crippen molar-refractivity contribution >= 4 is 16.7 Å². The number of carbonyl (C=O) groups is 1. The highest BCUT2D eigenvalue weighted by atomic mass is 16.5. The Morgan fingerprint density at radius 2 is 2.14 bits per heavy atom. The largest absolute Gasteiger partial charge is 0.377 e. The molecule has 2 aromatic rings. The van der Waals surface area contributed by atoms with E-state index in [-0.39, 0.29) is 24.1 Å². The van der Waals surface area contributed by atoms with Crippen molar-refractivity contribution in [3.05, 3.63) is 46.9 Å². The summed E-state index contributed by atoms with van der Waals surface area (Å²) in [6, 6.07) is 9.34. The minimum absolute atomic E-state index is 0.0387. The first-order chi connectivity index (χ1) is 10.2. The van der Waals surface area contributed by atoms with Gasteiger partial charge in [0.15, 0.2) is 0 Å². The van der Waals surface area contributed by atoms with Crippen LogP contribution in [0.5, 0.6) is 0 Å². The van der Waals surface area contributed by atoms with Gasteiger partial charge in [0.25, 0.3) is 5.56 Å². The molecule has 1 aliphatic rings. The number of morpholine rings is 1. The number of hydrogen-bond acceptors (Lipinski definition) is 3.